The van der Waals surface area contributed by atoms with Crippen molar-refractivity contribution in [3.63, 3.8) is 0 Å². The highest BCUT2D eigenvalue weighted by Gasteiger charge is 2.20. The van der Waals surface area contributed by atoms with Crippen molar-refractivity contribution in [2.45, 2.75) is 17.7 Å². The smallest absolute Gasteiger partial charge is 0.240 e. The van der Waals surface area contributed by atoms with E-state index < -0.39 is 10.0 Å². The number of nitrogens with zero attached hydrogens (tertiary/aromatic N) is 3. The summed E-state index contributed by atoms with van der Waals surface area (Å²) < 4.78 is 27.1. The molecule has 1 heterocycles. The number of rotatable bonds is 6. The Morgan fingerprint density at radius 2 is 1.87 bits per heavy atom. The molecule has 0 aliphatic carbocycles. The molecule has 1 N–H and O–H groups in total. The van der Waals surface area contributed by atoms with E-state index in [1.54, 1.807) is 29.2 Å². The summed E-state index contributed by atoms with van der Waals surface area (Å²) >= 11 is 5.85. The van der Waals surface area contributed by atoms with Gasteiger partial charge in [-0.3, -0.25) is 4.79 Å². The molecule has 7 nitrogen and oxygen atoms in total. The van der Waals surface area contributed by atoms with Gasteiger partial charge in [-0.1, -0.05) is 17.7 Å². The van der Waals surface area contributed by atoms with Crippen LogP contribution in [0, 0.1) is 11.3 Å². The zero-order valence-corrected chi connectivity index (χ0v) is 18.0. The topological polar surface area (TPSA) is 93.5 Å². The maximum Gasteiger partial charge on any atom is 0.240 e. The van der Waals surface area contributed by atoms with Gasteiger partial charge >= 0.3 is 0 Å². The van der Waals surface area contributed by atoms with Gasteiger partial charge in [0.15, 0.2) is 0 Å². The van der Waals surface area contributed by atoms with Gasteiger partial charge in [-0.25, -0.2) is 13.1 Å². The van der Waals surface area contributed by atoms with Crippen LogP contribution >= 0.6 is 11.6 Å². The van der Waals surface area contributed by atoms with Crippen molar-refractivity contribution >= 4 is 33.2 Å². The minimum Gasteiger partial charge on any atom is -0.370 e. The molecule has 0 spiro atoms. The first-order valence-corrected chi connectivity index (χ1v) is 11.5. The first kappa shape index (κ1) is 22.1. The summed E-state index contributed by atoms with van der Waals surface area (Å²) in [6, 6.07) is 15.5. The second kappa shape index (κ2) is 9.94. The van der Waals surface area contributed by atoms with E-state index in [1.807, 2.05) is 12.1 Å². The van der Waals surface area contributed by atoms with E-state index in [2.05, 4.69) is 15.7 Å². The Kier molecular flexibility index (Phi) is 7.32. The molecule has 1 amide bonds. The van der Waals surface area contributed by atoms with Gasteiger partial charge in [0, 0.05) is 49.9 Å². The van der Waals surface area contributed by atoms with Crippen LogP contribution in [-0.4, -0.2) is 51.9 Å². The van der Waals surface area contributed by atoms with Gasteiger partial charge in [0.05, 0.1) is 16.5 Å². The standard InChI is InChI=1S/C21H23ClN4O3S/c22-18-3-1-4-20(15-18)30(28,29)24-10-9-21(27)26-12-2-11-25(13-14-26)19-7-5-17(16-23)6-8-19/h1,3-8,15,24H,2,9-14H2. The number of hydrogen-bond donors (Lipinski definition) is 1. The SMILES string of the molecule is N#Cc1ccc(N2CCCN(C(=O)CCNS(=O)(=O)c3cccc(Cl)c3)CC2)cc1. The Labute approximate surface area is 181 Å². The largest absolute Gasteiger partial charge is 0.370 e. The summed E-state index contributed by atoms with van der Waals surface area (Å²) in [7, 11) is -3.70. The van der Waals surface area contributed by atoms with Gasteiger partial charge in [-0.15, -0.1) is 0 Å². The minimum absolute atomic E-state index is 0.0313. The lowest BCUT2D eigenvalue weighted by molar-refractivity contribution is -0.130. The Hall–Kier alpha value is -2.60. The highest BCUT2D eigenvalue weighted by atomic mass is 35.5. The molecule has 0 unspecified atom stereocenters. The highest BCUT2D eigenvalue weighted by Crippen LogP contribution is 2.18. The van der Waals surface area contributed by atoms with Crippen LogP contribution in [0.25, 0.3) is 0 Å². The van der Waals surface area contributed by atoms with Gasteiger partial charge < -0.3 is 9.80 Å². The van der Waals surface area contributed by atoms with E-state index in [0.717, 1.165) is 18.7 Å². The molecule has 30 heavy (non-hydrogen) atoms. The number of carbonyl (C=O) groups excluding carboxylic acids is 1. The Balaban J connectivity index is 1.50. The number of amides is 1. The van der Waals surface area contributed by atoms with E-state index in [4.69, 9.17) is 16.9 Å². The van der Waals surface area contributed by atoms with Crippen LogP contribution in [0.4, 0.5) is 5.69 Å². The average molecular weight is 447 g/mol. The van der Waals surface area contributed by atoms with E-state index in [0.29, 0.717) is 30.2 Å². The number of sulfonamides is 1. The second-order valence-corrected chi connectivity index (χ2v) is 9.19. The van der Waals surface area contributed by atoms with Crippen molar-refractivity contribution in [1.82, 2.24) is 9.62 Å². The number of carbonyl (C=O) groups is 1. The first-order chi connectivity index (χ1) is 14.4. The molecule has 0 aromatic heterocycles. The molecule has 1 aliphatic rings. The molecule has 1 aliphatic heterocycles. The van der Waals surface area contributed by atoms with E-state index in [9.17, 15) is 13.2 Å². The summed E-state index contributed by atoms with van der Waals surface area (Å²) in [5, 5.41) is 9.26. The number of nitrogens with one attached hydrogen (secondary N) is 1. The Bertz CT molecular complexity index is 1030. The second-order valence-electron chi connectivity index (χ2n) is 6.99. The number of halogens is 1. The fourth-order valence-electron chi connectivity index (χ4n) is 3.34. The van der Waals surface area contributed by atoms with Crippen LogP contribution in [0.15, 0.2) is 53.4 Å². The van der Waals surface area contributed by atoms with Crippen molar-refractivity contribution in [2.24, 2.45) is 0 Å². The van der Waals surface area contributed by atoms with Crippen molar-refractivity contribution in [3.8, 4) is 6.07 Å². The summed E-state index contributed by atoms with van der Waals surface area (Å²) in [6.45, 7) is 2.74. The van der Waals surface area contributed by atoms with Gasteiger partial charge in [-0.05, 0) is 48.9 Å². The predicted molar refractivity (Wildman–Crippen MR) is 116 cm³/mol. The lowest BCUT2D eigenvalue weighted by atomic mass is 10.2. The minimum atomic E-state index is -3.70. The number of hydrogen-bond acceptors (Lipinski definition) is 5. The molecule has 2 aromatic carbocycles. The summed E-state index contributed by atoms with van der Waals surface area (Å²) in [6.07, 6.45) is 0.913. The monoisotopic (exact) mass is 446 g/mol. The van der Waals surface area contributed by atoms with E-state index in [1.165, 1.54) is 12.1 Å². The van der Waals surface area contributed by atoms with Crippen molar-refractivity contribution in [2.75, 3.05) is 37.6 Å². The maximum absolute atomic E-state index is 12.6. The number of benzene rings is 2. The molecule has 0 radical (unpaired) electrons. The number of nitriles is 1. The molecule has 3 rings (SSSR count). The third-order valence-corrected chi connectivity index (χ3v) is 6.64. The lowest BCUT2D eigenvalue weighted by Crippen LogP contribution is -2.37. The molecule has 2 aromatic rings. The van der Waals surface area contributed by atoms with Crippen LogP contribution < -0.4 is 9.62 Å². The van der Waals surface area contributed by atoms with E-state index in [-0.39, 0.29) is 23.8 Å². The first-order valence-electron chi connectivity index (χ1n) is 9.67. The van der Waals surface area contributed by atoms with E-state index >= 15 is 0 Å². The van der Waals surface area contributed by atoms with Crippen molar-refractivity contribution in [3.05, 3.63) is 59.1 Å². The molecular formula is C21H23ClN4O3S. The van der Waals surface area contributed by atoms with Crippen LogP contribution in [0.2, 0.25) is 5.02 Å². The maximum atomic E-state index is 12.6. The van der Waals surface area contributed by atoms with Crippen LogP contribution in [-0.2, 0) is 14.8 Å². The highest BCUT2D eigenvalue weighted by molar-refractivity contribution is 7.89. The van der Waals surface area contributed by atoms with Gasteiger partial charge in [0.2, 0.25) is 15.9 Å². The number of anilines is 1. The third-order valence-electron chi connectivity index (χ3n) is 4.95. The predicted octanol–water partition coefficient (Wildman–Crippen LogP) is 2.62. The van der Waals surface area contributed by atoms with Gasteiger partial charge in [0.1, 0.15) is 0 Å². The Morgan fingerprint density at radius 1 is 1.10 bits per heavy atom. The molecule has 1 saturated heterocycles. The molecule has 0 saturated carbocycles. The van der Waals surface area contributed by atoms with Crippen molar-refractivity contribution in [1.29, 1.82) is 5.26 Å². The molecule has 0 atom stereocenters. The zero-order valence-electron chi connectivity index (χ0n) is 16.4. The zero-order chi connectivity index (χ0) is 21.6. The quantitative estimate of drug-likeness (QED) is 0.736. The molecule has 1 fully saturated rings. The molecule has 158 valence electrons. The third kappa shape index (κ3) is 5.72. The van der Waals surface area contributed by atoms with Crippen molar-refractivity contribution < 1.29 is 13.2 Å². The van der Waals surface area contributed by atoms with Crippen LogP contribution in [0.1, 0.15) is 18.4 Å². The van der Waals surface area contributed by atoms with Crippen LogP contribution in [0.3, 0.4) is 0 Å². The fraction of sp³-hybridized carbons (Fsp3) is 0.333. The fourth-order valence-corrected chi connectivity index (χ4v) is 4.67. The summed E-state index contributed by atoms with van der Waals surface area (Å²) in [4.78, 5) is 16.6. The van der Waals surface area contributed by atoms with Gasteiger partial charge in [0.25, 0.3) is 0 Å². The van der Waals surface area contributed by atoms with Crippen LogP contribution in [0.5, 0.6) is 0 Å². The Morgan fingerprint density at radius 3 is 2.57 bits per heavy atom. The summed E-state index contributed by atoms with van der Waals surface area (Å²) in [5.74, 6) is -0.0783. The lowest BCUT2D eigenvalue weighted by Gasteiger charge is -2.24. The molecule has 9 heteroatoms. The molecular weight excluding hydrogens is 424 g/mol. The average Bonchev–Trinajstić information content (AvgIpc) is 3.00. The normalized spacial score (nSPS) is 14.8. The van der Waals surface area contributed by atoms with Gasteiger partial charge in [-0.2, -0.15) is 5.26 Å². The molecule has 0 bridgehead atoms. The summed E-state index contributed by atoms with van der Waals surface area (Å²) in [5.41, 5.74) is 1.64.